The van der Waals surface area contributed by atoms with E-state index in [1.807, 2.05) is 0 Å². The third-order valence-corrected chi connectivity index (χ3v) is 2.81. The normalized spacial score (nSPS) is 20.8. The first-order chi connectivity index (χ1) is 6.36. The first kappa shape index (κ1) is 8.55. The highest BCUT2D eigenvalue weighted by atomic mass is 14.1. The third-order valence-electron chi connectivity index (χ3n) is 2.81. The molecule has 1 aliphatic carbocycles. The van der Waals surface area contributed by atoms with Crippen molar-refractivity contribution in [3.63, 3.8) is 0 Å². The van der Waals surface area contributed by atoms with Gasteiger partial charge in [-0.1, -0.05) is 35.9 Å². The predicted molar refractivity (Wildman–Crippen MR) is 56.8 cm³/mol. The molecule has 0 aromatic heterocycles. The van der Waals surface area contributed by atoms with Gasteiger partial charge in [-0.2, -0.15) is 0 Å². The standard InChI is InChI=1S/C13H16/c1-11-5-4-8-12-6-2-3-7-13(12)10-9-11/h2-3,6-7,9H,4-5,8,10H2,1H3/b11-9-. The Morgan fingerprint density at radius 1 is 1.00 bits per heavy atom. The Morgan fingerprint density at radius 2 is 1.77 bits per heavy atom. The van der Waals surface area contributed by atoms with E-state index >= 15 is 0 Å². The van der Waals surface area contributed by atoms with E-state index in [0.29, 0.717) is 0 Å². The Morgan fingerprint density at radius 3 is 2.62 bits per heavy atom. The van der Waals surface area contributed by atoms with Crippen molar-refractivity contribution in [3.8, 4) is 0 Å². The quantitative estimate of drug-likeness (QED) is 0.525. The summed E-state index contributed by atoms with van der Waals surface area (Å²) in [5.41, 5.74) is 4.61. The van der Waals surface area contributed by atoms with Gasteiger partial charge in [-0.05, 0) is 43.7 Å². The van der Waals surface area contributed by atoms with Crippen molar-refractivity contribution in [3.05, 3.63) is 47.0 Å². The first-order valence-corrected chi connectivity index (χ1v) is 5.08. The second-order valence-corrected chi connectivity index (χ2v) is 3.88. The summed E-state index contributed by atoms with van der Waals surface area (Å²) < 4.78 is 0. The predicted octanol–water partition coefficient (Wildman–Crippen LogP) is 3.51. The van der Waals surface area contributed by atoms with Gasteiger partial charge in [0.1, 0.15) is 0 Å². The fourth-order valence-electron chi connectivity index (χ4n) is 1.94. The summed E-state index contributed by atoms with van der Waals surface area (Å²) in [6.07, 6.45) is 7.33. The number of allylic oxidation sites excluding steroid dienone is 2. The number of aryl methyl sites for hydroxylation is 1. The Balaban J connectivity index is 2.31. The van der Waals surface area contributed by atoms with Crippen LogP contribution in [0.15, 0.2) is 35.9 Å². The molecule has 0 N–H and O–H groups in total. The fourth-order valence-corrected chi connectivity index (χ4v) is 1.94. The van der Waals surface area contributed by atoms with E-state index in [-0.39, 0.29) is 0 Å². The Labute approximate surface area is 80.3 Å². The minimum Gasteiger partial charge on any atom is -0.0812 e. The van der Waals surface area contributed by atoms with Crippen LogP contribution in [0.3, 0.4) is 0 Å². The Kier molecular flexibility index (Phi) is 2.49. The molecule has 0 aliphatic heterocycles. The maximum absolute atomic E-state index is 2.37. The molecule has 0 heterocycles. The van der Waals surface area contributed by atoms with E-state index in [9.17, 15) is 0 Å². The van der Waals surface area contributed by atoms with Crippen molar-refractivity contribution in [1.29, 1.82) is 0 Å². The van der Waals surface area contributed by atoms with E-state index < -0.39 is 0 Å². The Bertz CT molecular complexity index is 321. The highest BCUT2D eigenvalue weighted by Gasteiger charge is 2.03. The van der Waals surface area contributed by atoms with Crippen molar-refractivity contribution in [2.75, 3.05) is 0 Å². The number of hydrogen-bond donors (Lipinski definition) is 0. The van der Waals surface area contributed by atoms with Gasteiger partial charge in [0.25, 0.3) is 0 Å². The molecule has 0 saturated heterocycles. The molecule has 0 heteroatoms. The molecule has 2 rings (SSSR count). The highest BCUT2D eigenvalue weighted by molar-refractivity contribution is 5.30. The smallest absolute Gasteiger partial charge is 0.00921 e. The molecular weight excluding hydrogens is 156 g/mol. The van der Waals surface area contributed by atoms with Crippen LogP contribution in [0.1, 0.15) is 30.9 Å². The summed E-state index contributed by atoms with van der Waals surface area (Å²) in [5.74, 6) is 0. The number of fused-ring (bicyclic) bond motifs is 1. The van der Waals surface area contributed by atoms with Crippen LogP contribution < -0.4 is 0 Å². The second-order valence-electron chi connectivity index (χ2n) is 3.88. The molecule has 0 atom stereocenters. The van der Waals surface area contributed by atoms with Crippen LogP contribution in [0.4, 0.5) is 0 Å². The molecule has 0 spiro atoms. The minimum atomic E-state index is 1.13. The van der Waals surface area contributed by atoms with Crippen molar-refractivity contribution in [2.45, 2.75) is 32.6 Å². The zero-order chi connectivity index (χ0) is 9.10. The van der Waals surface area contributed by atoms with Crippen LogP contribution in [-0.2, 0) is 12.8 Å². The topological polar surface area (TPSA) is 0 Å². The van der Waals surface area contributed by atoms with Crippen LogP contribution in [-0.4, -0.2) is 0 Å². The zero-order valence-electron chi connectivity index (χ0n) is 8.22. The number of benzene rings is 1. The number of hydrogen-bond acceptors (Lipinski definition) is 0. The lowest BCUT2D eigenvalue weighted by Crippen LogP contribution is -1.97. The summed E-state index contributed by atoms with van der Waals surface area (Å²) >= 11 is 0. The molecule has 68 valence electrons. The maximum Gasteiger partial charge on any atom is -0.00921 e. The van der Waals surface area contributed by atoms with Gasteiger partial charge >= 0.3 is 0 Å². The molecule has 0 bridgehead atoms. The first-order valence-electron chi connectivity index (χ1n) is 5.08. The average molecular weight is 172 g/mol. The largest absolute Gasteiger partial charge is 0.0812 e. The summed E-state index contributed by atoms with van der Waals surface area (Å²) in [5, 5.41) is 0. The van der Waals surface area contributed by atoms with Crippen LogP contribution in [0.25, 0.3) is 0 Å². The molecule has 0 fully saturated rings. The van der Waals surface area contributed by atoms with Gasteiger partial charge < -0.3 is 0 Å². The SMILES string of the molecule is C/C1=C/Cc2ccccc2CCC1. The summed E-state index contributed by atoms with van der Waals surface area (Å²) in [6.45, 7) is 2.24. The summed E-state index contributed by atoms with van der Waals surface area (Å²) in [4.78, 5) is 0. The Hall–Kier alpha value is -1.04. The molecule has 1 aromatic rings. The maximum atomic E-state index is 2.37. The summed E-state index contributed by atoms with van der Waals surface area (Å²) in [6, 6.07) is 8.81. The van der Waals surface area contributed by atoms with Crippen LogP contribution >= 0.6 is 0 Å². The van der Waals surface area contributed by atoms with E-state index in [1.54, 1.807) is 11.1 Å². The van der Waals surface area contributed by atoms with E-state index in [2.05, 4.69) is 37.3 Å². The molecule has 1 aliphatic rings. The molecule has 13 heavy (non-hydrogen) atoms. The molecule has 0 amide bonds. The average Bonchev–Trinajstić information content (AvgIpc) is 2.13. The minimum absolute atomic E-state index is 1.13. The van der Waals surface area contributed by atoms with Gasteiger partial charge in [0, 0.05) is 0 Å². The number of rotatable bonds is 0. The highest BCUT2D eigenvalue weighted by Crippen LogP contribution is 2.19. The van der Waals surface area contributed by atoms with E-state index in [4.69, 9.17) is 0 Å². The fraction of sp³-hybridized carbons (Fsp3) is 0.385. The molecule has 0 radical (unpaired) electrons. The third kappa shape index (κ3) is 2.00. The van der Waals surface area contributed by atoms with Gasteiger partial charge in [-0.15, -0.1) is 0 Å². The van der Waals surface area contributed by atoms with Gasteiger partial charge in [0.05, 0.1) is 0 Å². The molecule has 0 saturated carbocycles. The van der Waals surface area contributed by atoms with E-state index in [0.717, 1.165) is 6.42 Å². The van der Waals surface area contributed by atoms with Crippen molar-refractivity contribution < 1.29 is 0 Å². The molecular formula is C13H16. The lowest BCUT2D eigenvalue weighted by atomic mass is 9.94. The van der Waals surface area contributed by atoms with Crippen molar-refractivity contribution >= 4 is 0 Å². The van der Waals surface area contributed by atoms with Gasteiger partial charge in [0.2, 0.25) is 0 Å². The second kappa shape index (κ2) is 3.78. The van der Waals surface area contributed by atoms with Crippen LogP contribution in [0, 0.1) is 0 Å². The van der Waals surface area contributed by atoms with E-state index in [1.165, 1.54) is 24.8 Å². The summed E-state index contributed by atoms with van der Waals surface area (Å²) in [7, 11) is 0. The molecule has 0 unspecified atom stereocenters. The van der Waals surface area contributed by atoms with Crippen molar-refractivity contribution in [1.82, 2.24) is 0 Å². The van der Waals surface area contributed by atoms with Crippen molar-refractivity contribution in [2.24, 2.45) is 0 Å². The van der Waals surface area contributed by atoms with Gasteiger partial charge in [0.15, 0.2) is 0 Å². The van der Waals surface area contributed by atoms with Gasteiger partial charge in [-0.25, -0.2) is 0 Å². The van der Waals surface area contributed by atoms with Crippen LogP contribution in [0.2, 0.25) is 0 Å². The lowest BCUT2D eigenvalue weighted by Gasteiger charge is -2.11. The molecule has 1 aromatic carbocycles. The zero-order valence-corrected chi connectivity index (χ0v) is 8.22. The van der Waals surface area contributed by atoms with Crippen LogP contribution in [0.5, 0.6) is 0 Å². The van der Waals surface area contributed by atoms with Gasteiger partial charge in [-0.3, -0.25) is 0 Å². The lowest BCUT2D eigenvalue weighted by molar-refractivity contribution is 0.790. The molecule has 0 nitrogen and oxygen atoms in total. The monoisotopic (exact) mass is 172 g/mol.